The number of aryl methyl sites for hydroxylation is 1. The topological polar surface area (TPSA) is 67.2 Å². The zero-order valence-corrected chi connectivity index (χ0v) is 16.3. The Labute approximate surface area is 167 Å². The highest BCUT2D eigenvalue weighted by Gasteiger charge is 2.29. The minimum absolute atomic E-state index is 0.0253. The predicted octanol–water partition coefficient (Wildman–Crippen LogP) is 2.30. The fourth-order valence-corrected chi connectivity index (χ4v) is 4.04. The van der Waals surface area contributed by atoms with Gasteiger partial charge in [-0.2, -0.15) is 5.10 Å². The van der Waals surface area contributed by atoms with Crippen molar-refractivity contribution in [3.05, 3.63) is 75.2 Å². The third kappa shape index (κ3) is 3.41. The van der Waals surface area contributed by atoms with Gasteiger partial charge in [0.2, 0.25) is 5.91 Å². The van der Waals surface area contributed by atoms with Gasteiger partial charge >= 0.3 is 0 Å². The Morgan fingerprint density at radius 3 is 2.68 bits per heavy atom. The van der Waals surface area contributed by atoms with Crippen LogP contribution in [0.2, 0.25) is 5.02 Å². The first kappa shape index (κ1) is 18.7. The molecular weight excluding hydrogens is 376 g/mol. The van der Waals surface area contributed by atoms with E-state index in [1.54, 1.807) is 13.1 Å². The molecule has 7 heteroatoms. The average Bonchev–Trinajstić information content (AvgIpc) is 2.72. The second-order valence-corrected chi connectivity index (χ2v) is 7.33. The molecule has 4 rings (SSSR count). The van der Waals surface area contributed by atoms with Crippen molar-refractivity contribution in [2.24, 2.45) is 7.05 Å². The fourth-order valence-electron chi connectivity index (χ4n) is 3.78. The maximum Gasteiger partial charge on any atom is 0.274 e. The lowest BCUT2D eigenvalue weighted by Gasteiger charge is -2.37. The van der Waals surface area contributed by atoms with Crippen molar-refractivity contribution in [2.45, 2.75) is 12.5 Å². The number of aromatic nitrogens is 2. The molecule has 6 nitrogen and oxygen atoms in total. The molecule has 2 heterocycles. The Balaban J connectivity index is 1.68. The first-order chi connectivity index (χ1) is 13.6. The van der Waals surface area contributed by atoms with Crippen molar-refractivity contribution in [3.63, 3.8) is 0 Å². The molecule has 0 aliphatic carbocycles. The van der Waals surface area contributed by atoms with Gasteiger partial charge in [0, 0.05) is 37.1 Å². The Kier molecular flexibility index (Phi) is 5.15. The highest BCUT2D eigenvalue weighted by atomic mass is 35.5. The van der Waals surface area contributed by atoms with Crippen LogP contribution in [-0.4, -0.2) is 40.2 Å². The third-order valence-electron chi connectivity index (χ3n) is 5.18. The summed E-state index contributed by atoms with van der Waals surface area (Å²) in [7, 11) is 1.61. The van der Waals surface area contributed by atoms with E-state index in [1.165, 1.54) is 4.68 Å². The molecular formula is C21H21ClN4O2. The van der Waals surface area contributed by atoms with Crippen LogP contribution in [0.4, 0.5) is 0 Å². The van der Waals surface area contributed by atoms with Crippen LogP contribution in [-0.2, 0) is 18.3 Å². The molecule has 0 saturated carbocycles. The second-order valence-electron chi connectivity index (χ2n) is 6.93. The molecule has 144 valence electrons. The summed E-state index contributed by atoms with van der Waals surface area (Å²) in [6, 6.07) is 14.8. The van der Waals surface area contributed by atoms with E-state index in [0.29, 0.717) is 29.2 Å². The Bertz CT molecular complexity index is 1100. The molecule has 28 heavy (non-hydrogen) atoms. The van der Waals surface area contributed by atoms with Crippen molar-refractivity contribution in [1.82, 2.24) is 20.0 Å². The van der Waals surface area contributed by atoms with Crippen LogP contribution in [0, 0.1) is 0 Å². The summed E-state index contributed by atoms with van der Waals surface area (Å²) in [6.07, 6.45) is 0.135. The number of carbonyl (C=O) groups is 1. The van der Waals surface area contributed by atoms with Crippen molar-refractivity contribution >= 4 is 28.3 Å². The van der Waals surface area contributed by atoms with Crippen LogP contribution >= 0.6 is 11.6 Å². The number of fused-ring (bicyclic) bond motifs is 1. The number of carbonyl (C=O) groups excluding carboxylic acids is 1. The van der Waals surface area contributed by atoms with Crippen molar-refractivity contribution in [1.29, 1.82) is 0 Å². The van der Waals surface area contributed by atoms with E-state index in [0.717, 1.165) is 17.5 Å². The largest absolute Gasteiger partial charge is 0.333 e. The molecule has 3 aromatic rings. The van der Waals surface area contributed by atoms with E-state index < -0.39 is 0 Å². The number of amides is 1. The summed E-state index contributed by atoms with van der Waals surface area (Å²) in [6.45, 7) is 1.98. The number of nitrogens with zero attached hydrogens (tertiary/aromatic N) is 3. The number of hydrogen-bond donors (Lipinski definition) is 1. The van der Waals surface area contributed by atoms with Crippen LogP contribution in [0.15, 0.2) is 53.3 Å². The number of nitrogens with one attached hydrogen (secondary N) is 1. The number of rotatable bonds is 3. The molecule has 1 saturated heterocycles. The Morgan fingerprint density at radius 1 is 1.18 bits per heavy atom. The summed E-state index contributed by atoms with van der Waals surface area (Å²) in [5, 5.41) is 9.66. The van der Waals surface area contributed by atoms with Gasteiger partial charge in [0.15, 0.2) is 0 Å². The second kappa shape index (κ2) is 7.73. The molecule has 0 bridgehead atoms. The fraction of sp³-hybridized carbons (Fsp3) is 0.286. The number of halogens is 1. The van der Waals surface area contributed by atoms with Gasteiger partial charge in [0.05, 0.1) is 23.5 Å². The van der Waals surface area contributed by atoms with E-state index in [4.69, 9.17) is 11.6 Å². The summed E-state index contributed by atoms with van der Waals surface area (Å²) in [5.41, 5.74) is 1.38. The molecule has 0 radical (unpaired) electrons. The van der Waals surface area contributed by atoms with E-state index in [2.05, 4.69) is 10.4 Å². The van der Waals surface area contributed by atoms with Crippen molar-refractivity contribution in [3.8, 4) is 0 Å². The first-order valence-electron chi connectivity index (χ1n) is 9.26. The van der Waals surface area contributed by atoms with Crippen LogP contribution < -0.4 is 10.9 Å². The highest BCUT2D eigenvalue weighted by Crippen LogP contribution is 2.29. The van der Waals surface area contributed by atoms with Gasteiger partial charge in [-0.25, -0.2) is 4.68 Å². The minimum atomic E-state index is -0.164. The molecule has 1 fully saturated rings. The predicted molar refractivity (Wildman–Crippen MR) is 109 cm³/mol. The summed E-state index contributed by atoms with van der Waals surface area (Å²) < 4.78 is 1.30. The molecule has 1 aliphatic rings. The van der Waals surface area contributed by atoms with Gasteiger partial charge in [0.25, 0.3) is 5.56 Å². The van der Waals surface area contributed by atoms with Crippen LogP contribution in [0.5, 0.6) is 0 Å². The lowest BCUT2D eigenvalue weighted by atomic mass is 10.0. The molecule has 0 spiro atoms. The van der Waals surface area contributed by atoms with Gasteiger partial charge < -0.3 is 10.2 Å². The number of benzene rings is 2. The van der Waals surface area contributed by atoms with Crippen LogP contribution in [0.3, 0.4) is 0 Å². The highest BCUT2D eigenvalue weighted by molar-refractivity contribution is 6.31. The molecule has 1 atom stereocenters. The van der Waals surface area contributed by atoms with Gasteiger partial charge in [-0.05, 0) is 17.7 Å². The average molecular weight is 397 g/mol. The maximum atomic E-state index is 13.2. The number of hydrogen-bond acceptors (Lipinski definition) is 4. The van der Waals surface area contributed by atoms with Crippen molar-refractivity contribution < 1.29 is 4.79 Å². The van der Waals surface area contributed by atoms with E-state index in [-0.39, 0.29) is 23.9 Å². The molecule has 1 aromatic heterocycles. The first-order valence-corrected chi connectivity index (χ1v) is 9.63. The third-order valence-corrected chi connectivity index (χ3v) is 5.52. The molecule has 1 aliphatic heterocycles. The van der Waals surface area contributed by atoms with E-state index in [1.807, 2.05) is 47.4 Å². The Morgan fingerprint density at radius 2 is 1.89 bits per heavy atom. The van der Waals surface area contributed by atoms with Crippen LogP contribution in [0.25, 0.3) is 10.8 Å². The SMILES string of the molecule is Cn1nc(CC(=O)N2CCNCC2c2ccccc2Cl)c2ccccc2c1=O. The van der Waals surface area contributed by atoms with Gasteiger partial charge in [0.1, 0.15) is 0 Å². The number of piperazine rings is 1. The van der Waals surface area contributed by atoms with Gasteiger partial charge in [-0.1, -0.05) is 48.0 Å². The minimum Gasteiger partial charge on any atom is -0.333 e. The lowest BCUT2D eigenvalue weighted by Crippen LogP contribution is -2.49. The Hall–Kier alpha value is -2.70. The normalized spacial score (nSPS) is 17.1. The quantitative estimate of drug-likeness (QED) is 0.737. The summed E-state index contributed by atoms with van der Waals surface area (Å²) in [5.74, 6) is -0.0253. The maximum absolute atomic E-state index is 13.2. The molecule has 1 unspecified atom stereocenters. The summed E-state index contributed by atoms with van der Waals surface area (Å²) in [4.78, 5) is 27.4. The smallest absolute Gasteiger partial charge is 0.274 e. The van der Waals surface area contributed by atoms with Gasteiger partial charge in [-0.15, -0.1) is 0 Å². The van der Waals surface area contributed by atoms with Crippen molar-refractivity contribution in [2.75, 3.05) is 19.6 Å². The molecule has 1 N–H and O–H groups in total. The standard InChI is InChI=1S/C21H21ClN4O2/c1-25-21(28)15-7-3-2-6-14(15)18(24-25)12-20(27)26-11-10-23-13-19(26)16-8-4-5-9-17(16)22/h2-9,19,23H,10-13H2,1H3. The monoisotopic (exact) mass is 396 g/mol. The van der Waals surface area contributed by atoms with E-state index in [9.17, 15) is 9.59 Å². The summed E-state index contributed by atoms with van der Waals surface area (Å²) >= 11 is 6.39. The van der Waals surface area contributed by atoms with E-state index >= 15 is 0 Å². The zero-order valence-electron chi connectivity index (χ0n) is 15.6. The molecule has 2 aromatic carbocycles. The zero-order chi connectivity index (χ0) is 19.7. The molecule has 1 amide bonds. The van der Waals surface area contributed by atoms with Gasteiger partial charge in [-0.3, -0.25) is 9.59 Å². The lowest BCUT2D eigenvalue weighted by molar-refractivity contribution is -0.133. The van der Waals surface area contributed by atoms with Crippen LogP contribution in [0.1, 0.15) is 17.3 Å².